The number of aromatic nitrogens is 1. The second kappa shape index (κ2) is 5.19. The molecule has 0 amide bonds. The molecule has 21 heavy (non-hydrogen) atoms. The molecule has 2 fully saturated rings. The number of hydrogen-bond donors (Lipinski definition) is 1. The molecule has 3 atom stereocenters. The number of nitrogens with one attached hydrogen (secondary N) is 1. The van der Waals surface area contributed by atoms with E-state index in [-0.39, 0.29) is 5.41 Å². The minimum absolute atomic E-state index is 0.284. The van der Waals surface area contributed by atoms with Gasteiger partial charge in [-0.05, 0) is 43.1 Å². The van der Waals surface area contributed by atoms with E-state index in [4.69, 9.17) is 4.74 Å². The molecule has 3 unspecified atom stereocenters. The summed E-state index contributed by atoms with van der Waals surface area (Å²) in [6.45, 7) is 10.4. The molecule has 116 valence electrons. The van der Waals surface area contributed by atoms with Crippen molar-refractivity contribution in [2.45, 2.75) is 59.5 Å². The van der Waals surface area contributed by atoms with Crippen LogP contribution in [0.4, 0.5) is 5.82 Å². The van der Waals surface area contributed by atoms with E-state index in [0.717, 1.165) is 30.6 Å². The molecule has 0 saturated heterocycles. The zero-order valence-electron chi connectivity index (χ0n) is 13.8. The number of ether oxygens (including phenoxy) is 1. The summed E-state index contributed by atoms with van der Waals surface area (Å²) >= 11 is 0. The number of anilines is 1. The Hall–Kier alpha value is -1.25. The van der Waals surface area contributed by atoms with E-state index in [1.165, 1.54) is 19.3 Å². The predicted octanol–water partition coefficient (Wildman–Crippen LogP) is 4.50. The molecule has 2 aliphatic rings. The lowest BCUT2D eigenvalue weighted by molar-refractivity contribution is 0.0274. The molecule has 1 heterocycles. The molecule has 0 spiro atoms. The first-order chi connectivity index (χ1) is 9.97. The molecule has 0 aliphatic heterocycles. The Morgan fingerprint density at radius 2 is 2.14 bits per heavy atom. The molecule has 2 bridgehead atoms. The fraction of sp³-hybridized carbons (Fsp3) is 0.722. The van der Waals surface area contributed by atoms with Crippen LogP contribution in [0.25, 0.3) is 0 Å². The van der Waals surface area contributed by atoms with E-state index in [9.17, 15) is 0 Å². The van der Waals surface area contributed by atoms with Crippen LogP contribution in [-0.2, 0) is 0 Å². The van der Waals surface area contributed by atoms with Crippen molar-refractivity contribution in [3.63, 3.8) is 0 Å². The molecule has 3 heteroatoms. The van der Waals surface area contributed by atoms with Gasteiger partial charge in [0.05, 0.1) is 0 Å². The highest BCUT2D eigenvalue weighted by Gasteiger charge is 2.62. The SMILES string of the molecule is CCCNc1cccc(OC2CC3CCC2(C)C3(C)C)n1. The average molecular weight is 288 g/mol. The molecule has 1 aromatic heterocycles. The van der Waals surface area contributed by atoms with E-state index in [1.54, 1.807) is 0 Å². The van der Waals surface area contributed by atoms with Crippen LogP contribution in [-0.4, -0.2) is 17.6 Å². The van der Waals surface area contributed by atoms with Crippen molar-refractivity contribution in [3.05, 3.63) is 18.2 Å². The van der Waals surface area contributed by atoms with Crippen LogP contribution in [0, 0.1) is 16.7 Å². The third-order valence-electron chi connectivity index (χ3n) is 6.26. The maximum atomic E-state index is 6.32. The normalized spacial score (nSPS) is 33.1. The van der Waals surface area contributed by atoms with Crippen molar-refractivity contribution >= 4 is 5.82 Å². The Balaban J connectivity index is 1.73. The van der Waals surface area contributed by atoms with E-state index < -0.39 is 0 Å². The molecule has 0 radical (unpaired) electrons. The number of hydrogen-bond acceptors (Lipinski definition) is 3. The second-order valence-corrected chi connectivity index (χ2v) is 7.50. The van der Waals surface area contributed by atoms with Gasteiger partial charge >= 0.3 is 0 Å². The lowest BCUT2D eigenvalue weighted by Gasteiger charge is -2.38. The van der Waals surface area contributed by atoms with Crippen LogP contribution in [0.1, 0.15) is 53.4 Å². The van der Waals surface area contributed by atoms with Gasteiger partial charge in [0.15, 0.2) is 0 Å². The second-order valence-electron chi connectivity index (χ2n) is 7.50. The molecule has 3 rings (SSSR count). The highest BCUT2D eigenvalue weighted by molar-refractivity contribution is 5.37. The van der Waals surface area contributed by atoms with Crippen molar-refractivity contribution in [1.82, 2.24) is 4.98 Å². The number of rotatable bonds is 5. The Morgan fingerprint density at radius 1 is 1.33 bits per heavy atom. The van der Waals surface area contributed by atoms with Gasteiger partial charge in [-0.3, -0.25) is 0 Å². The third kappa shape index (κ3) is 2.31. The zero-order valence-corrected chi connectivity index (χ0v) is 13.8. The lowest BCUT2D eigenvalue weighted by Crippen LogP contribution is -2.39. The first kappa shape index (κ1) is 14.7. The minimum atomic E-state index is 0.284. The summed E-state index contributed by atoms with van der Waals surface area (Å²) in [5.74, 6) is 2.49. The summed E-state index contributed by atoms with van der Waals surface area (Å²) < 4.78 is 6.32. The van der Waals surface area contributed by atoms with Crippen molar-refractivity contribution in [2.24, 2.45) is 16.7 Å². The standard InChI is InChI=1S/C18H28N2O/c1-5-11-19-15-7-6-8-16(20-15)21-14-12-13-9-10-18(14,4)17(13,2)3/h6-8,13-14H,5,9-12H2,1-4H3,(H,19,20). The van der Waals surface area contributed by atoms with E-state index in [0.29, 0.717) is 11.5 Å². The molecule has 3 nitrogen and oxygen atoms in total. The predicted molar refractivity (Wildman–Crippen MR) is 86.7 cm³/mol. The summed E-state index contributed by atoms with van der Waals surface area (Å²) in [6.07, 6.45) is 5.22. The lowest BCUT2D eigenvalue weighted by atomic mass is 9.70. The smallest absolute Gasteiger partial charge is 0.215 e. The van der Waals surface area contributed by atoms with Gasteiger partial charge in [0, 0.05) is 18.0 Å². The molecule has 2 saturated carbocycles. The van der Waals surface area contributed by atoms with Gasteiger partial charge in [0.25, 0.3) is 0 Å². The van der Waals surface area contributed by atoms with Crippen molar-refractivity contribution in [2.75, 3.05) is 11.9 Å². The van der Waals surface area contributed by atoms with Crippen LogP contribution < -0.4 is 10.1 Å². The highest BCUT2D eigenvalue weighted by Crippen LogP contribution is 2.66. The topological polar surface area (TPSA) is 34.1 Å². The van der Waals surface area contributed by atoms with Crippen LogP contribution in [0.2, 0.25) is 0 Å². The summed E-state index contributed by atoms with van der Waals surface area (Å²) in [5.41, 5.74) is 0.669. The average Bonchev–Trinajstić information content (AvgIpc) is 2.79. The molecule has 2 aliphatic carbocycles. The molecular formula is C18H28N2O. The fourth-order valence-corrected chi connectivity index (χ4v) is 4.29. The minimum Gasteiger partial charge on any atom is -0.474 e. The van der Waals surface area contributed by atoms with Crippen molar-refractivity contribution in [3.8, 4) is 5.88 Å². The van der Waals surface area contributed by atoms with Gasteiger partial charge in [0.1, 0.15) is 11.9 Å². The number of fused-ring (bicyclic) bond motifs is 2. The molecule has 0 aromatic carbocycles. The monoisotopic (exact) mass is 288 g/mol. The summed E-state index contributed by atoms with van der Waals surface area (Å²) in [4.78, 5) is 4.60. The Kier molecular flexibility index (Phi) is 3.62. The maximum absolute atomic E-state index is 6.32. The Morgan fingerprint density at radius 3 is 2.76 bits per heavy atom. The van der Waals surface area contributed by atoms with Crippen molar-refractivity contribution in [1.29, 1.82) is 0 Å². The zero-order chi connectivity index (χ0) is 15.1. The number of nitrogens with zero attached hydrogens (tertiary/aromatic N) is 1. The van der Waals surface area contributed by atoms with Gasteiger partial charge in [-0.1, -0.05) is 33.8 Å². The highest BCUT2D eigenvalue weighted by atomic mass is 16.5. The first-order valence-corrected chi connectivity index (χ1v) is 8.35. The quantitative estimate of drug-likeness (QED) is 0.866. The van der Waals surface area contributed by atoms with E-state index >= 15 is 0 Å². The largest absolute Gasteiger partial charge is 0.474 e. The Bertz CT molecular complexity index is 514. The van der Waals surface area contributed by atoms with Crippen LogP contribution in [0.15, 0.2) is 18.2 Å². The third-order valence-corrected chi connectivity index (χ3v) is 6.26. The van der Waals surface area contributed by atoms with Gasteiger partial charge in [0.2, 0.25) is 5.88 Å². The van der Waals surface area contributed by atoms with Crippen LogP contribution in [0.5, 0.6) is 5.88 Å². The maximum Gasteiger partial charge on any atom is 0.215 e. The summed E-state index contributed by atoms with van der Waals surface area (Å²) in [6, 6.07) is 6.02. The fourth-order valence-electron chi connectivity index (χ4n) is 4.29. The van der Waals surface area contributed by atoms with Crippen LogP contribution in [0.3, 0.4) is 0 Å². The van der Waals surface area contributed by atoms with Gasteiger partial charge in [-0.2, -0.15) is 4.98 Å². The summed E-state index contributed by atoms with van der Waals surface area (Å²) in [5, 5.41) is 3.33. The van der Waals surface area contributed by atoms with Crippen molar-refractivity contribution < 1.29 is 4.74 Å². The molecule has 1 aromatic rings. The first-order valence-electron chi connectivity index (χ1n) is 8.35. The van der Waals surface area contributed by atoms with Gasteiger partial charge < -0.3 is 10.1 Å². The molecular weight excluding hydrogens is 260 g/mol. The van der Waals surface area contributed by atoms with Crippen LogP contribution >= 0.6 is 0 Å². The van der Waals surface area contributed by atoms with Gasteiger partial charge in [-0.15, -0.1) is 0 Å². The Labute approximate surface area is 128 Å². The molecule has 1 N–H and O–H groups in total. The summed E-state index contributed by atoms with van der Waals surface area (Å²) in [7, 11) is 0. The number of pyridine rings is 1. The van der Waals surface area contributed by atoms with E-state index in [1.807, 2.05) is 18.2 Å². The van der Waals surface area contributed by atoms with Gasteiger partial charge in [-0.25, -0.2) is 0 Å². The van der Waals surface area contributed by atoms with E-state index in [2.05, 4.69) is 38.0 Å².